The van der Waals surface area contributed by atoms with Crippen molar-refractivity contribution in [3.63, 3.8) is 0 Å². The molecule has 5 fully saturated rings. The number of carbonyl (C=O) groups is 1. The van der Waals surface area contributed by atoms with E-state index in [9.17, 15) is 20.0 Å². The van der Waals surface area contributed by atoms with Gasteiger partial charge in [0.2, 0.25) is 0 Å². The Balaban J connectivity index is 1.21. The van der Waals surface area contributed by atoms with Gasteiger partial charge in [-0.3, -0.25) is 10.1 Å². The van der Waals surface area contributed by atoms with Crippen LogP contribution in [0.25, 0.3) is 0 Å². The molecule has 2 N–H and O–H groups in total. The molecule has 1 aromatic rings. The highest BCUT2D eigenvalue weighted by atomic mass is 16.8. The number of hydrogen-bond acceptors (Lipinski definition) is 9. The number of hydrogen-bond donors (Lipinski definition) is 2. The van der Waals surface area contributed by atoms with Crippen LogP contribution in [0.4, 0.5) is 11.4 Å². The monoisotopic (exact) mass is 510 g/mol. The minimum Gasteiger partial charge on any atom is -0.458 e. The predicted octanol–water partition coefficient (Wildman–Crippen LogP) is 2.49. The molecule has 196 valence electrons. The summed E-state index contributed by atoms with van der Waals surface area (Å²) in [5.41, 5.74) is -1.65. The maximum Gasteiger partial charge on any atom is 0.334 e. The summed E-state index contributed by atoms with van der Waals surface area (Å²) in [6.45, 7) is 6.85. The summed E-state index contributed by atoms with van der Waals surface area (Å²) < 4.78 is 25.3. The number of nitro benzene ring substituents is 1. The Labute approximate surface area is 213 Å². The highest BCUT2D eigenvalue weighted by molar-refractivity contribution is 5.92. The van der Waals surface area contributed by atoms with Gasteiger partial charge >= 0.3 is 5.97 Å². The van der Waals surface area contributed by atoms with Crippen molar-refractivity contribution in [1.29, 1.82) is 0 Å². The van der Waals surface area contributed by atoms with Gasteiger partial charge < -0.3 is 29.4 Å². The van der Waals surface area contributed by atoms with Gasteiger partial charge in [0.1, 0.15) is 35.6 Å². The number of benzene rings is 1. The van der Waals surface area contributed by atoms with Crippen molar-refractivity contribution >= 4 is 17.3 Å². The van der Waals surface area contributed by atoms with Crippen molar-refractivity contribution in [2.24, 2.45) is 17.3 Å². The number of carbonyl (C=O) groups excluding carboxylic acids is 1. The summed E-state index contributed by atoms with van der Waals surface area (Å²) in [5.74, 6) is -0.103. The molecule has 0 aromatic heterocycles. The molecule has 0 radical (unpaired) electrons. The third-order valence-corrected chi connectivity index (χ3v) is 11.0. The van der Waals surface area contributed by atoms with Crippen LogP contribution in [0.1, 0.15) is 40.0 Å². The zero-order chi connectivity index (χ0) is 25.8. The predicted molar refractivity (Wildman–Crippen MR) is 128 cm³/mol. The number of rotatable bonds is 5. The van der Waals surface area contributed by atoms with Gasteiger partial charge in [-0.15, -0.1) is 0 Å². The van der Waals surface area contributed by atoms with E-state index in [0.717, 1.165) is 17.6 Å². The molecule has 0 bridgehead atoms. The molecule has 4 heterocycles. The van der Waals surface area contributed by atoms with E-state index >= 15 is 0 Å². The molecule has 2 saturated carbocycles. The molecule has 37 heavy (non-hydrogen) atoms. The van der Waals surface area contributed by atoms with Crippen LogP contribution in [0.5, 0.6) is 0 Å². The minimum absolute atomic E-state index is 0.00892. The number of nitro groups is 1. The molecular formula is C27H30N2O8. The number of nitrogens with zero attached hydrogens (tertiary/aromatic N) is 1. The van der Waals surface area contributed by atoms with Gasteiger partial charge in [0.25, 0.3) is 5.69 Å². The molecule has 4 aliphatic heterocycles. The molecule has 9 atom stereocenters. The van der Waals surface area contributed by atoms with Crippen molar-refractivity contribution in [3.8, 4) is 0 Å². The largest absolute Gasteiger partial charge is 0.458 e. The Morgan fingerprint density at radius 3 is 2.62 bits per heavy atom. The Bertz CT molecular complexity index is 1310. The van der Waals surface area contributed by atoms with E-state index in [1.165, 1.54) is 12.1 Å². The Kier molecular flexibility index (Phi) is 3.86. The SMILES string of the molecule is CC(C)[C@]12O[C@H]1[C@@H]1O[C@]13[C@]1(O[C@H]1C[C@H]1C4=C(CC[C@@]13C)C(=O)OC4)[C@]2(O)CNc1ccc([N+](=O)[O-])cc1. The minimum atomic E-state index is -1.40. The number of anilines is 1. The van der Waals surface area contributed by atoms with E-state index in [1.54, 1.807) is 12.1 Å². The fourth-order valence-electron chi connectivity index (χ4n) is 9.28. The first kappa shape index (κ1) is 22.5. The zero-order valence-corrected chi connectivity index (χ0v) is 21.0. The molecule has 7 aliphatic rings. The van der Waals surface area contributed by atoms with Gasteiger partial charge in [0.05, 0.1) is 11.0 Å². The van der Waals surface area contributed by atoms with Crippen molar-refractivity contribution in [2.45, 2.75) is 80.7 Å². The fraction of sp³-hybridized carbons (Fsp3) is 0.667. The molecular weight excluding hydrogens is 480 g/mol. The first-order chi connectivity index (χ1) is 17.6. The molecule has 10 nitrogen and oxygen atoms in total. The lowest BCUT2D eigenvalue weighted by Crippen LogP contribution is -2.77. The number of ether oxygens (including phenoxy) is 4. The van der Waals surface area contributed by atoms with Crippen molar-refractivity contribution in [2.75, 3.05) is 18.5 Å². The van der Waals surface area contributed by atoms with Crippen LogP contribution in [0.2, 0.25) is 0 Å². The number of nitrogens with one attached hydrogen (secondary N) is 1. The number of aliphatic hydroxyl groups is 1. The molecule has 0 unspecified atom stereocenters. The zero-order valence-electron chi connectivity index (χ0n) is 21.0. The normalized spacial score (nSPS) is 49.6. The average molecular weight is 511 g/mol. The second kappa shape index (κ2) is 6.36. The van der Waals surface area contributed by atoms with Crippen LogP contribution in [-0.4, -0.2) is 69.9 Å². The lowest BCUT2D eigenvalue weighted by Gasteiger charge is -2.56. The number of esters is 1. The third kappa shape index (κ3) is 2.17. The Morgan fingerprint density at radius 1 is 1.16 bits per heavy atom. The first-order valence-electron chi connectivity index (χ1n) is 13.2. The topological polar surface area (TPSA) is 139 Å². The van der Waals surface area contributed by atoms with E-state index < -0.39 is 27.3 Å². The van der Waals surface area contributed by atoms with Crippen LogP contribution in [0.3, 0.4) is 0 Å². The maximum atomic E-state index is 12.8. The van der Waals surface area contributed by atoms with Crippen LogP contribution < -0.4 is 5.32 Å². The van der Waals surface area contributed by atoms with E-state index in [4.69, 9.17) is 18.9 Å². The summed E-state index contributed by atoms with van der Waals surface area (Å²) in [4.78, 5) is 23.0. The molecule has 8 rings (SSSR count). The summed E-state index contributed by atoms with van der Waals surface area (Å²) in [6.07, 6.45) is 1.43. The molecule has 2 spiro atoms. The highest BCUT2D eigenvalue weighted by Gasteiger charge is 3.04. The molecule has 1 aromatic carbocycles. The molecule has 3 saturated heterocycles. The Morgan fingerprint density at radius 2 is 1.92 bits per heavy atom. The first-order valence-corrected chi connectivity index (χ1v) is 13.2. The van der Waals surface area contributed by atoms with Crippen molar-refractivity contribution in [3.05, 3.63) is 45.5 Å². The molecule has 10 heteroatoms. The van der Waals surface area contributed by atoms with Crippen LogP contribution in [0, 0.1) is 27.4 Å². The Hall–Kier alpha value is -2.53. The van der Waals surface area contributed by atoms with Gasteiger partial charge in [-0.05, 0) is 48.8 Å². The number of epoxide rings is 3. The summed E-state index contributed by atoms with van der Waals surface area (Å²) in [5, 5.41) is 27.3. The lowest BCUT2D eigenvalue weighted by molar-refractivity contribution is -0.384. The number of non-ortho nitro benzene ring substituents is 1. The van der Waals surface area contributed by atoms with Crippen LogP contribution in [0.15, 0.2) is 35.4 Å². The van der Waals surface area contributed by atoms with Crippen LogP contribution >= 0.6 is 0 Å². The molecule has 3 aliphatic carbocycles. The van der Waals surface area contributed by atoms with Gasteiger partial charge in [-0.25, -0.2) is 4.79 Å². The molecule has 0 amide bonds. The highest BCUT2D eigenvalue weighted by Crippen LogP contribution is 2.85. The van der Waals surface area contributed by atoms with Crippen molar-refractivity contribution in [1.82, 2.24) is 0 Å². The van der Waals surface area contributed by atoms with Crippen LogP contribution in [-0.2, 0) is 23.7 Å². The van der Waals surface area contributed by atoms with E-state index in [2.05, 4.69) is 26.1 Å². The lowest BCUT2D eigenvalue weighted by atomic mass is 9.44. The quantitative estimate of drug-likeness (QED) is 0.265. The van der Waals surface area contributed by atoms with Gasteiger partial charge in [-0.1, -0.05) is 20.8 Å². The third-order valence-electron chi connectivity index (χ3n) is 11.0. The van der Waals surface area contributed by atoms with E-state index in [-0.39, 0.29) is 53.8 Å². The van der Waals surface area contributed by atoms with E-state index in [0.29, 0.717) is 25.1 Å². The standard InChI is InChI=1S/C27H30N2O8/c1-13(2)25-20(36-25)21-27(37-21)23(3)9-8-16-17(11-34-22(16)30)18(23)10-19-26(27,35-19)24(25,31)12-28-14-4-6-15(7-5-14)29(32)33/h4-7,13,18-21,28,31H,8-12H2,1-3H3/t18-,19-,20-,21-,23-,24-,25-,26+,27+/m0/s1. The van der Waals surface area contributed by atoms with Gasteiger partial charge in [0.15, 0.2) is 5.60 Å². The number of fused-ring (bicyclic) bond motifs is 4. The van der Waals surface area contributed by atoms with Gasteiger partial charge in [0, 0.05) is 35.4 Å². The summed E-state index contributed by atoms with van der Waals surface area (Å²) in [6, 6.07) is 6.19. The fourth-order valence-corrected chi connectivity index (χ4v) is 9.28. The van der Waals surface area contributed by atoms with Gasteiger partial charge in [-0.2, -0.15) is 0 Å². The number of cyclic esters (lactones) is 1. The average Bonchev–Trinajstić information content (AvgIpc) is 3.76. The van der Waals surface area contributed by atoms with E-state index in [1.807, 2.05) is 0 Å². The smallest absolute Gasteiger partial charge is 0.334 e. The maximum absolute atomic E-state index is 12.8. The second-order valence-electron chi connectivity index (χ2n) is 12.4. The summed E-state index contributed by atoms with van der Waals surface area (Å²) in [7, 11) is 0. The second-order valence-corrected chi connectivity index (χ2v) is 12.4. The van der Waals surface area contributed by atoms with Crippen molar-refractivity contribution < 1.29 is 33.8 Å². The summed E-state index contributed by atoms with van der Waals surface area (Å²) >= 11 is 0.